The predicted octanol–water partition coefficient (Wildman–Crippen LogP) is -0.0829. The predicted molar refractivity (Wildman–Crippen MR) is 105 cm³/mol. The number of carbonyl (C=O) groups is 4. The van der Waals surface area contributed by atoms with Crippen LogP contribution in [0, 0.1) is 0 Å². The summed E-state index contributed by atoms with van der Waals surface area (Å²) in [6.07, 6.45) is 1.39. The molecular formula is C16H15N5O6S2. The number of allylic oxidation sites excluding steroid dienone is 1. The lowest BCUT2D eigenvalue weighted by atomic mass is 10.0. The van der Waals surface area contributed by atoms with Crippen molar-refractivity contribution < 1.29 is 29.1 Å². The number of carboxylic acids is 1. The molecule has 2 aliphatic heterocycles. The molecular weight excluding hydrogens is 422 g/mol. The van der Waals surface area contributed by atoms with Gasteiger partial charge in [-0.3, -0.25) is 14.5 Å². The lowest BCUT2D eigenvalue weighted by molar-refractivity contribution is -0.150. The lowest BCUT2D eigenvalue weighted by Crippen LogP contribution is -2.71. The van der Waals surface area contributed by atoms with Crippen molar-refractivity contribution in [2.24, 2.45) is 5.16 Å². The number of nitrogens with one attached hydrogen (secondary N) is 1. The van der Waals surface area contributed by atoms with Crippen LogP contribution in [-0.4, -0.2) is 61.6 Å². The highest BCUT2D eigenvalue weighted by Gasteiger charge is 2.54. The van der Waals surface area contributed by atoms with Gasteiger partial charge in [-0.25, -0.2) is 14.6 Å². The van der Waals surface area contributed by atoms with Gasteiger partial charge in [0, 0.05) is 18.1 Å². The fraction of sp³-hybridized carbons (Fsp3) is 0.250. The van der Waals surface area contributed by atoms with Crippen molar-refractivity contribution in [2.45, 2.75) is 18.3 Å². The summed E-state index contributed by atoms with van der Waals surface area (Å²) in [5.74, 6) is -3.08. The van der Waals surface area contributed by atoms with Crippen molar-refractivity contribution >= 4 is 57.7 Å². The molecule has 13 heteroatoms. The molecule has 0 aliphatic carbocycles. The van der Waals surface area contributed by atoms with Gasteiger partial charge in [-0.15, -0.1) is 23.1 Å². The second kappa shape index (κ2) is 8.05. The van der Waals surface area contributed by atoms with Gasteiger partial charge in [0.1, 0.15) is 22.8 Å². The monoisotopic (exact) mass is 437 g/mol. The Morgan fingerprint density at radius 3 is 2.79 bits per heavy atom. The van der Waals surface area contributed by atoms with Crippen molar-refractivity contribution in [3.8, 4) is 0 Å². The van der Waals surface area contributed by atoms with E-state index in [9.17, 15) is 24.3 Å². The molecule has 1 fully saturated rings. The highest BCUT2D eigenvalue weighted by atomic mass is 32.2. The summed E-state index contributed by atoms with van der Waals surface area (Å²) in [6.45, 7) is 4.68. The Labute approximate surface area is 172 Å². The van der Waals surface area contributed by atoms with Crippen LogP contribution in [0.5, 0.6) is 0 Å². The van der Waals surface area contributed by atoms with Gasteiger partial charge in [-0.2, -0.15) is 0 Å². The normalized spacial score (nSPS) is 21.2. The van der Waals surface area contributed by atoms with Gasteiger partial charge in [-0.1, -0.05) is 17.8 Å². The van der Waals surface area contributed by atoms with Gasteiger partial charge in [0.05, 0.1) is 0 Å². The number of hydrogen-bond donors (Lipinski definition) is 3. The van der Waals surface area contributed by atoms with E-state index in [2.05, 4.69) is 26.9 Å². The van der Waals surface area contributed by atoms with E-state index in [1.807, 2.05) is 0 Å². The molecule has 29 heavy (non-hydrogen) atoms. The molecule has 0 radical (unpaired) electrons. The van der Waals surface area contributed by atoms with Crippen LogP contribution in [0.1, 0.15) is 12.6 Å². The van der Waals surface area contributed by atoms with Crippen LogP contribution in [0.4, 0.5) is 5.13 Å². The number of fused-ring (bicyclic) bond motifs is 1. The second-order valence-electron chi connectivity index (χ2n) is 5.84. The average molecular weight is 437 g/mol. The smallest absolute Gasteiger partial charge is 0.352 e. The Morgan fingerprint density at radius 1 is 1.52 bits per heavy atom. The third kappa shape index (κ3) is 3.86. The molecule has 152 valence electrons. The van der Waals surface area contributed by atoms with E-state index in [1.165, 1.54) is 23.2 Å². The number of hydrogen-bond acceptors (Lipinski definition) is 10. The van der Waals surface area contributed by atoms with Gasteiger partial charge >= 0.3 is 11.9 Å². The maximum Gasteiger partial charge on any atom is 0.352 e. The third-order valence-corrected chi connectivity index (χ3v) is 5.95. The molecule has 0 aromatic carbocycles. The number of aliphatic carboxylic acids is 1. The quantitative estimate of drug-likeness (QED) is 0.239. The molecule has 2 atom stereocenters. The fourth-order valence-corrected chi connectivity index (χ4v) is 4.61. The van der Waals surface area contributed by atoms with Crippen molar-refractivity contribution in [2.75, 3.05) is 11.5 Å². The fourth-order valence-electron chi connectivity index (χ4n) is 2.72. The van der Waals surface area contributed by atoms with Crippen LogP contribution < -0.4 is 11.1 Å². The van der Waals surface area contributed by atoms with Crippen molar-refractivity contribution in [1.29, 1.82) is 0 Å². The summed E-state index contributed by atoms with van der Waals surface area (Å²) in [5, 5.41) is 16.5. The molecule has 4 N–H and O–H groups in total. The molecule has 11 nitrogen and oxygen atoms in total. The van der Waals surface area contributed by atoms with E-state index in [-0.39, 0.29) is 22.2 Å². The number of thioether (sulfide) groups is 1. The average Bonchev–Trinajstić information content (AvgIpc) is 3.10. The zero-order valence-corrected chi connectivity index (χ0v) is 16.6. The van der Waals surface area contributed by atoms with E-state index in [0.717, 1.165) is 23.2 Å². The van der Waals surface area contributed by atoms with Crippen LogP contribution >= 0.6 is 23.1 Å². The molecule has 1 aromatic rings. The number of thiazole rings is 1. The maximum absolute atomic E-state index is 12.7. The highest BCUT2D eigenvalue weighted by Crippen LogP contribution is 2.40. The molecule has 0 saturated carbocycles. The van der Waals surface area contributed by atoms with Crippen molar-refractivity contribution in [3.05, 3.63) is 35.0 Å². The van der Waals surface area contributed by atoms with Gasteiger partial charge in [0.2, 0.25) is 0 Å². The van der Waals surface area contributed by atoms with Gasteiger partial charge in [0.25, 0.3) is 11.8 Å². The lowest BCUT2D eigenvalue weighted by Gasteiger charge is -2.49. The number of amides is 2. The second-order valence-corrected chi connectivity index (χ2v) is 7.83. The summed E-state index contributed by atoms with van der Waals surface area (Å²) in [4.78, 5) is 57.4. The molecule has 0 bridgehead atoms. The minimum Gasteiger partial charge on any atom is -0.477 e. The summed E-state index contributed by atoms with van der Waals surface area (Å²) < 4.78 is 0. The first-order chi connectivity index (χ1) is 13.7. The van der Waals surface area contributed by atoms with Crippen molar-refractivity contribution in [1.82, 2.24) is 15.2 Å². The molecule has 1 saturated heterocycles. The van der Waals surface area contributed by atoms with Crippen LogP contribution in [-0.2, 0) is 24.0 Å². The van der Waals surface area contributed by atoms with E-state index in [0.29, 0.717) is 11.3 Å². The number of nitrogen functional groups attached to an aromatic ring is 1. The Balaban J connectivity index is 1.82. The molecule has 0 spiro atoms. The molecule has 2 amide bonds. The minimum absolute atomic E-state index is 0.0752. The van der Waals surface area contributed by atoms with E-state index < -0.39 is 35.2 Å². The number of carbonyl (C=O) groups excluding carboxylic acids is 3. The highest BCUT2D eigenvalue weighted by molar-refractivity contribution is 8.00. The number of nitrogens with zero attached hydrogens (tertiary/aromatic N) is 3. The van der Waals surface area contributed by atoms with Gasteiger partial charge < -0.3 is 21.0 Å². The van der Waals surface area contributed by atoms with Gasteiger partial charge in [-0.05, 0) is 5.57 Å². The number of oxime groups is 1. The first-order valence-corrected chi connectivity index (χ1v) is 9.98. The third-order valence-electron chi connectivity index (χ3n) is 3.98. The Morgan fingerprint density at radius 2 is 2.24 bits per heavy atom. The molecule has 3 heterocycles. The topological polar surface area (TPSA) is 164 Å². The number of nitrogens with two attached hydrogens (primary N) is 1. The Bertz CT molecular complexity index is 984. The molecule has 2 aliphatic rings. The summed E-state index contributed by atoms with van der Waals surface area (Å²) in [6, 6.07) is -0.980. The first-order valence-electron chi connectivity index (χ1n) is 8.06. The zero-order chi connectivity index (χ0) is 21.3. The molecule has 1 aromatic heterocycles. The van der Waals surface area contributed by atoms with E-state index in [1.54, 1.807) is 0 Å². The Hall–Kier alpha value is -3.19. The molecule has 1 unspecified atom stereocenters. The minimum atomic E-state index is -1.25. The first kappa shape index (κ1) is 20.5. The summed E-state index contributed by atoms with van der Waals surface area (Å²) in [7, 11) is 0. The largest absolute Gasteiger partial charge is 0.477 e. The number of aromatic nitrogens is 1. The van der Waals surface area contributed by atoms with Crippen LogP contribution in [0.15, 0.2) is 34.5 Å². The van der Waals surface area contributed by atoms with E-state index in [4.69, 9.17) is 5.73 Å². The number of rotatable bonds is 6. The number of anilines is 1. The summed E-state index contributed by atoms with van der Waals surface area (Å²) >= 11 is 2.34. The Kier molecular flexibility index (Phi) is 5.70. The SMILES string of the molecule is C=CC1=C(C(=O)O)N2C(=O)[C@@H](NC(=O)/C(=N\OC(C)=O)c3csc(N)n3)C2SC1. The van der Waals surface area contributed by atoms with Gasteiger partial charge in [0.15, 0.2) is 10.8 Å². The zero-order valence-electron chi connectivity index (χ0n) is 14.9. The standard InChI is InChI=1S/C16H15N5O6S2/c1-3-7-4-28-14-10(13(24)21(14)11(7)15(25)26)19-12(23)9(20-27-6(2)22)8-5-29-16(17)18-8/h3,5,10,14H,1,4H2,2H3,(H2,17,18)(H,19,23)(H,25,26)/b20-9-/t10-,14?/m1/s1. The van der Waals surface area contributed by atoms with Crippen LogP contribution in [0.3, 0.4) is 0 Å². The van der Waals surface area contributed by atoms with Crippen molar-refractivity contribution in [3.63, 3.8) is 0 Å². The molecule has 3 rings (SSSR count). The van der Waals surface area contributed by atoms with E-state index >= 15 is 0 Å². The number of carboxylic acid groups (broad SMARTS) is 1. The summed E-state index contributed by atoms with van der Waals surface area (Å²) in [5.41, 5.74) is 5.58. The number of β-lactam (4-membered cyclic amide) rings is 1. The van der Waals surface area contributed by atoms with Crippen LogP contribution in [0.2, 0.25) is 0 Å². The maximum atomic E-state index is 12.7. The van der Waals surface area contributed by atoms with Crippen LogP contribution in [0.25, 0.3) is 0 Å².